The van der Waals surface area contributed by atoms with Gasteiger partial charge in [-0.05, 0) is 24.1 Å². The molecule has 0 spiro atoms. The number of nitrogens with one attached hydrogen (secondary N) is 2. The maximum atomic E-state index is 6.26. The van der Waals surface area contributed by atoms with Gasteiger partial charge in [-0.15, -0.1) is 0 Å². The van der Waals surface area contributed by atoms with Crippen LogP contribution < -0.4 is 5.32 Å². The molecule has 2 aromatic heterocycles. The smallest absolute Gasteiger partial charge is 0.191 e. The molecule has 0 aliphatic carbocycles. The highest BCUT2D eigenvalue weighted by atomic mass is 35.5. The summed E-state index contributed by atoms with van der Waals surface area (Å²) in [5.41, 5.74) is 2.81. The molecule has 0 atom stereocenters. The molecule has 0 amide bonds. The number of nitrogens with zero attached hydrogens (tertiary/aromatic N) is 3. The molecule has 0 saturated heterocycles. The molecule has 4 aromatic rings. The highest BCUT2D eigenvalue weighted by molar-refractivity contribution is 7.99. The molecule has 0 fully saturated rings. The van der Waals surface area contributed by atoms with Crippen LogP contribution >= 0.6 is 23.4 Å². The van der Waals surface area contributed by atoms with Crippen molar-refractivity contribution >= 4 is 45.9 Å². The number of anilines is 2. The van der Waals surface area contributed by atoms with Crippen LogP contribution in [0.1, 0.15) is 5.56 Å². The number of aromatic nitrogens is 4. The van der Waals surface area contributed by atoms with Crippen LogP contribution in [0.2, 0.25) is 5.02 Å². The molecule has 2 heterocycles. The fourth-order valence-electron chi connectivity index (χ4n) is 2.57. The zero-order valence-corrected chi connectivity index (χ0v) is 15.4. The molecule has 7 heteroatoms. The molecule has 4 rings (SSSR count). The molecule has 0 saturated carbocycles. The molecule has 2 N–H and O–H groups in total. The monoisotopic (exact) mass is 381 g/mol. The SMILES string of the molecule is Clc1ccccc1Nc1nc(SCCc2ccccc2)nc2[nH]ncc12. The topological polar surface area (TPSA) is 66.5 Å². The summed E-state index contributed by atoms with van der Waals surface area (Å²) in [4.78, 5) is 9.21. The van der Waals surface area contributed by atoms with Gasteiger partial charge in [-0.25, -0.2) is 9.97 Å². The minimum atomic E-state index is 0.640. The van der Waals surface area contributed by atoms with E-state index in [9.17, 15) is 0 Å². The molecule has 0 bridgehead atoms. The summed E-state index contributed by atoms with van der Waals surface area (Å²) >= 11 is 7.88. The minimum absolute atomic E-state index is 0.640. The van der Waals surface area contributed by atoms with Crippen molar-refractivity contribution in [2.24, 2.45) is 0 Å². The van der Waals surface area contributed by atoms with Crippen LogP contribution in [0, 0.1) is 0 Å². The Morgan fingerprint density at radius 2 is 1.81 bits per heavy atom. The third-order valence-electron chi connectivity index (χ3n) is 3.88. The first kappa shape index (κ1) is 16.9. The summed E-state index contributed by atoms with van der Waals surface area (Å²) < 4.78 is 0. The molecule has 0 radical (unpaired) electrons. The number of aryl methyl sites for hydroxylation is 1. The Hall–Kier alpha value is -2.57. The van der Waals surface area contributed by atoms with Crippen LogP contribution in [0.3, 0.4) is 0 Å². The molecule has 130 valence electrons. The zero-order valence-electron chi connectivity index (χ0n) is 13.8. The van der Waals surface area contributed by atoms with Crippen LogP contribution in [0.15, 0.2) is 66.0 Å². The van der Waals surface area contributed by atoms with E-state index >= 15 is 0 Å². The van der Waals surface area contributed by atoms with E-state index in [-0.39, 0.29) is 0 Å². The fourth-order valence-corrected chi connectivity index (χ4v) is 3.58. The molecule has 0 unspecified atom stereocenters. The van der Waals surface area contributed by atoms with Gasteiger partial charge in [0.1, 0.15) is 5.82 Å². The molecule has 2 aromatic carbocycles. The van der Waals surface area contributed by atoms with Crippen LogP contribution in [0.5, 0.6) is 0 Å². The first-order valence-electron chi connectivity index (χ1n) is 8.19. The van der Waals surface area contributed by atoms with Crippen molar-refractivity contribution in [2.45, 2.75) is 11.6 Å². The average molecular weight is 382 g/mol. The van der Waals surface area contributed by atoms with Crippen molar-refractivity contribution in [3.8, 4) is 0 Å². The summed E-state index contributed by atoms with van der Waals surface area (Å²) in [6.45, 7) is 0. The fraction of sp³-hybridized carbons (Fsp3) is 0.105. The summed E-state index contributed by atoms with van der Waals surface area (Å²) in [5.74, 6) is 1.59. The van der Waals surface area contributed by atoms with Crippen molar-refractivity contribution in [1.82, 2.24) is 20.2 Å². The minimum Gasteiger partial charge on any atom is -0.338 e. The van der Waals surface area contributed by atoms with Crippen LogP contribution in [-0.4, -0.2) is 25.9 Å². The van der Waals surface area contributed by atoms with Gasteiger partial charge in [0, 0.05) is 5.75 Å². The molecule has 0 aliphatic heterocycles. The van der Waals surface area contributed by atoms with Crippen molar-refractivity contribution < 1.29 is 0 Å². The normalized spacial score (nSPS) is 11.0. The van der Waals surface area contributed by atoms with Gasteiger partial charge in [-0.1, -0.05) is 65.8 Å². The lowest BCUT2D eigenvalue weighted by molar-refractivity contribution is 0.981. The van der Waals surface area contributed by atoms with E-state index in [2.05, 4.69) is 49.7 Å². The van der Waals surface area contributed by atoms with Crippen LogP contribution in [-0.2, 0) is 6.42 Å². The number of fused-ring (bicyclic) bond motifs is 1. The van der Waals surface area contributed by atoms with E-state index in [4.69, 9.17) is 11.6 Å². The Morgan fingerprint density at radius 3 is 2.65 bits per heavy atom. The predicted molar refractivity (Wildman–Crippen MR) is 107 cm³/mol. The zero-order chi connectivity index (χ0) is 17.8. The standard InChI is InChI=1S/C19H16ClN5S/c20-15-8-4-5-9-16(15)22-17-14-12-21-25-18(14)24-19(23-17)26-11-10-13-6-2-1-3-7-13/h1-9,12H,10-11H2,(H2,21,22,23,24,25). The van der Waals surface area contributed by atoms with Crippen LogP contribution in [0.4, 0.5) is 11.5 Å². The van der Waals surface area contributed by atoms with Crippen LogP contribution in [0.25, 0.3) is 11.0 Å². The molecule has 5 nitrogen and oxygen atoms in total. The van der Waals surface area contributed by atoms with E-state index in [0.29, 0.717) is 21.6 Å². The van der Waals surface area contributed by atoms with Crippen molar-refractivity contribution in [2.75, 3.05) is 11.1 Å². The number of hydrogen-bond donors (Lipinski definition) is 2. The third-order valence-corrected chi connectivity index (χ3v) is 5.06. The van der Waals surface area contributed by atoms with Gasteiger partial charge < -0.3 is 5.32 Å². The lowest BCUT2D eigenvalue weighted by Gasteiger charge is -2.09. The van der Waals surface area contributed by atoms with Crippen molar-refractivity contribution in [3.63, 3.8) is 0 Å². The average Bonchev–Trinajstić information content (AvgIpc) is 3.13. The van der Waals surface area contributed by atoms with Gasteiger partial charge in [0.05, 0.1) is 22.3 Å². The Bertz CT molecular complexity index is 1020. The summed E-state index contributed by atoms with van der Waals surface area (Å²) in [5, 5.41) is 12.5. The number of halogens is 1. The second-order valence-electron chi connectivity index (χ2n) is 5.68. The number of hydrogen-bond acceptors (Lipinski definition) is 5. The van der Waals surface area contributed by atoms with Gasteiger partial charge in [0.2, 0.25) is 0 Å². The first-order chi connectivity index (χ1) is 12.8. The van der Waals surface area contributed by atoms with Crippen molar-refractivity contribution in [1.29, 1.82) is 0 Å². The quantitative estimate of drug-likeness (QED) is 0.360. The lowest BCUT2D eigenvalue weighted by Crippen LogP contribution is -1.99. The van der Waals surface area contributed by atoms with Gasteiger partial charge in [0.15, 0.2) is 10.8 Å². The van der Waals surface area contributed by atoms with Gasteiger partial charge in [-0.2, -0.15) is 5.10 Å². The highest BCUT2D eigenvalue weighted by Crippen LogP contribution is 2.29. The van der Waals surface area contributed by atoms with Gasteiger partial charge in [0.25, 0.3) is 0 Å². The second-order valence-corrected chi connectivity index (χ2v) is 7.15. The molecular weight excluding hydrogens is 366 g/mol. The summed E-state index contributed by atoms with van der Waals surface area (Å²) in [6, 6.07) is 18.0. The van der Waals surface area contributed by atoms with E-state index in [1.54, 1.807) is 18.0 Å². The number of aromatic amines is 1. The maximum Gasteiger partial charge on any atom is 0.191 e. The van der Waals surface area contributed by atoms with Crippen molar-refractivity contribution in [3.05, 3.63) is 71.4 Å². The highest BCUT2D eigenvalue weighted by Gasteiger charge is 2.11. The third kappa shape index (κ3) is 3.81. The molecular formula is C19H16ClN5S. The number of H-pyrrole nitrogens is 1. The second kappa shape index (κ2) is 7.76. The Kier molecular flexibility index (Phi) is 5.04. The number of para-hydroxylation sites is 1. The summed E-state index contributed by atoms with van der Waals surface area (Å²) in [6.07, 6.45) is 2.68. The largest absolute Gasteiger partial charge is 0.338 e. The van der Waals surface area contributed by atoms with Gasteiger partial charge in [-0.3, -0.25) is 5.10 Å². The number of benzene rings is 2. The maximum absolute atomic E-state index is 6.26. The Morgan fingerprint density at radius 1 is 1.00 bits per heavy atom. The Labute approximate surface area is 160 Å². The van der Waals surface area contributed by atoms with Gasteiger partial charge >= 0.3 is 0 Å². The summed E-state index contributed by atoms with van der Waals surface area (Å²) in [7, 11) is 0. The lowest BCUT2D eigenvalue weighted by atomic mass is 10.2. The first-order valence-corrected chi connectivity index (χ1v) is 9.55. The number of rotatable bonds is 6. The molecule has 26 heavy (non-hydrogen) atoms. The van der Waals surface area contributed by atoms with E-state index < -0.39 is 0 Å². The van der Waals surface area contributed by atoms with E-state index in [0.717, 1.165) is 23.2 Å². The Balaban J connectivity index is 1.55. The molecule has 0 aliphatic rings. The predicted octanol–water partition coefficient (Wildman–Crippen LogP) is 5.08. The van der Waals surface area contributed by atoms with E-state index in [1.807, 2.05) is 30.3 Å². The van der Waals surface area contributed by atoms with E-state index in [1.165, 1.54) is 5.56 Å². The number of thioether (sulfide) groups is 1.